The van der Waals surface area contributed by atoms with Crippen LogP contribution in [-0.2, 0) is 6.42 Å². The first-order valence-electron chi connectivity index (χ1n) is 9.43. The number of aryl methyl sites for hydroxylation is 1. The molecule has 136 valence electrons. The molecule has 0 aliphatic rings. The quantitative estimate of drug-likeness (QED) is 0.593. The van der Waals surface area contributed by atoms with Crippen molar-refractivity contribution in [2.24, 2.45) is 0 Å². The van der Waals surface area contributed by atoms with Crippen molar-refractivity contribution in [2.75, 3.05) is 0 Å². The molecule has 0 saturated carbocycles. The van der Waals surface area contributed by atoms with Crippen LogP contribution in [0, 0.1) is 0 Å². The zero-order chi connectivity index (χ0) is 18.7. The lowest BCUT2D eigenvalue weighted by molar-refractivity contribution is 0.0697. The van der Waals surface area contributed by atoms with E-state index in [0.29, 0.717) is 6.04 Å². The van der Waals surface area contributed by atoms with Crippen LogP contribution in [0.25, 0.3) is 22.4 Å². The van der Waals surface area contributed by atoms with Crippen molar-refractivity contribution < 1.29 is 9.90 Å². The number of carboxylic acid groups (broad SMARTS) is 1. The average Bonchev–Trinajstić information content (AvgIpc) is 3.04. The fourth-order valence-electron chi connectivity index (χ4n) is 3.58. The molecule has 4 heteroatoms. The maximum absolute atomic E-state index is 11.3. The van der Waals surface area contributed by atoms with Gasteiger partial charge in [-0.25, -0.2) is 9.78 Å². The van der Waals surface area contributed by atoms with Gasteiger partial charge in [-0.1, -0.05) is 45.4 Å². The standard InChI is InChI=1S/C22H26N2O2/c1-4-8-18(6-3)24-20-12-11-17(22(25)26)14-19(20)23-21(24)16-10-7-9-15(5-2)13-16/h7,9-14,18H,4-6,8H2,1-3H3,(H,25,26). The fraction of sp³-hybridized carbons (Fsp3) is 0.364. The van der Waals surface area contributed by atoms with Crippen molar-refractivity contribution in [1.82, 2.24) is 9.55 Å². The van der Waals surface area contributed by atoms with Gasteiger partial charge in [0.2, 0.25) is 0 Å². The number of hydrogen-bond donors (Lipinski definition) is 1. The zero-order valence-electron chi connectivity index (χ0n) is 15.7. The smallest absolute Gasteiger partial charge is 0.335 e. The number of hydrogen-bond acceptors (Lipinski definition) is 2. The summed E-state index contributed by atoms with van der Waals surface area (Å²) in [6, 6.07) is 14.1. The Morgan fingerprint density at radius 3 is 2.62 bits per heavy atom. The molecule has 0 aliphatic carbocycles. The molecule has 3 rings (SSSR count). The number of fused-ring (bicyclic) bond motifs is 1. The molecule has 1 N–H and O–H groups in total. The summed E-state index contributed by atoms with van der Waals surface area (Å²) < 4.78 is 2.30. The number of aromatic carboxylic acids is 1. The second-order valence-electron chi connectivity index (χ2n) is 6.72. The Labute approximate surface area is 154 Å². The molecule has 0 amide bonds. The lowest BCUT2D eigenvalue weighted by Crippen LogP contribution is -2.09. The van der Waals surface area contributed by atoms with Gasteiger partial charge in [-0.3, -0.25) is 0 Å². The SMILES string of the molecule is CCCC(CC)n1c(-c2cccc(CC)c2)nc2cc(C(=O)O)ccc21. The highest BCUT2D eigenvalue weighted by molar-refractivity contribution is 5.93. The second kappa shape index (κ2) is 7.73. The highest BCUT2D eigenvalue weighted by Gasteiger charge is 2.20. The van der Waals surface area contributed by atoms with Crippen molar-refractivity contribution in [3.63, 3.8) is 0 Å². The minimum Gasteiger partial charge on any atom is -0.478 e. The highest BCUT2D eigenvalue weighted by Crippen LogP contribution is 2.32. The molecule has 0 bridgehead atoms. The summed E-state index contributed by atoms with van der Waals surface area (Å²) in [5, 5.41) is 9.31. The van der Waals surface area contributed by atoms with Gasteiger partial charge in [0.1, 0.15) is 5.82 Å². The Kier molecular flexibility index (Phi) is 5.40. The third-order valence-electron chi connectivity index (χ3n) is 4.99. The summed E-state index contributed by atoms with van der Waals surface area (Å²) in [4.78, 5) is 16.2. The van der Waals surface area contributed by atoms with E-state index in [1.165, 1.54) is 5.56 Å². The maximum Gasteiger partial charge on any atom is 0.335 e. The third-order valence-corrected chi connectivity index (χ3v) is 4.99. The lowest BCUT2D eigenvalue weighted by Gasteiger charge is -2.20. The normalized spacial score (nSPS) is 12.4. The van der Waals surface area contributed by atoms with Crippen LogP contribution in [0.3, 0.4) is 0 Å². The van der Waals surface area contributed by atoms with Crippen LogP contribution in [0.2, 0.25) is 0 Å². The van der Waals surface area contributed by atoms with Crippen molar-refractivity contribution in [3.8, 4) is 11.4 Å². The van der Waals surface area contributed by atoms with E-state index in [0.717, 1.165) is 48.1 Å². The van der Waals surface area contributed by atoms with Gasteiger partial charge >= 0.3 is 5.97 Å². The Bertz CT molecular complexity index is 927. The molecule has 1 unspecified atom stereocenters. The number of rotatable bonds is 7. The molecule has 1 atom stereocenters. The van der Waals surface area contributed by atoms with Crippen molar-refractivity contribution in [1.29, 1.82) is 0 Å². The maximum atomic E-state index is 11.3. The van der Waals surface area contributed by atoms with Gasteiger partial charge < -0.3 is 9.67 Å². The fourth-order valence-corrected chi connectivity index (χ4v) is 3.58. The molecular weight excluding hydrogens is 324 g/mol. The molecule has 0 radical (unpaired) electrons. The van der Waals surface area contributed by atoms with Gasteiger partial charge in [0.25, 0.3) is 0 Å². The molecule has 1 heterocycles. The second-order valence-corrected chi connectivity index (χ2v) is 6.72. The summed E-state index contributed by atoms with van der Waals surface area (Å²) in [7, 11) is 0. The van der Waals surface area contributed by atoms with E-state index in [9.17, 15) is 9.90 Å². The van der Waals surface area contributed by atoms with Crippen molar-refractivity contribution in [2.45, 2.75) is 52.5 Å². The molecule has 26 heavy (non-hydrogen) atoms. The van der Waals surface area contributed by atoms with Crippen molar-refractivity contribution in [3.05, 3.63) is 53.6 Å². The van der Waals surface area contributed by atoms with E-state index in [-0.39, 0.29) is 5.56 Å². The number of imidazole rings is 1. The summed E-state index contributed by atoms with van der Waals surface area (Å²) in [5.74, 6) is 0.00900. The van der Waals surface area contributed by atoms with E-state index in [1.807, 2.05) is 6.07 Å². The van der Waals surface area contributed by atoms with E-state index in [1.54, 1.807) is 12.1 Å². The number of carboxylic acids is 1. The molecule has 0 spiro atoms. The summed E-state index contributed by atoms with van der Waals surface area (Å²) >= 11 is 0. The predicted molar refractivity (Wildman–Crippen MR) is 106 cm³/mol. The zero-order valence-corrected chi connectivity index (χ0v) is 15.7. The number of aromatic nitrogens is 2. The molecule has 0 saturated heterocycles. The van der Waals surface area contributed by atoms with Crippen LogP contribution in [0.4, 0.5) is 0 Å². The Morgan fingerprint density at radius 2 is 1.96 bits per heavy atom. The monoisotopic (exact) mass is 350 g/mol. The Hall–Kier alpha value is -2.62. The lowest BCUT2D eigenvalue weighted by atomic mass is 10.1. The van der Waals surface area contributed by atoms with E-state index < -0.39 is 5.97 Å². The Morgan fingerprint density at radius 1 is 1.15 bits per heavy atom. The van der Waals surface area contributed by atoms with E-state index in [4.69, 9.17) is 4.98 Å². The van der Waals surface area contributed by atoms with Gasteiger partial charge in [0.15, 0.2) is 0 Å². The molecule has 4 nitrogen and oxygen atoms in total. The highest BCUT2D eigenvalue weighted by atomic mass is 16.4. The van der Waals surface area contributed by atoms with Crippen LogP contribution in [-0.4, -0.2) is 20.6 Å². The first-order valence-corrected chi connectivity index (χ1v) is 9.43. The minimum atomic E-state index is -0.920. The number of benzene rings is 2. The van der Waals surface area contributed by atoms with E-state index in [2.05, 4.69) is 49.6 Å². The van der Waals surface area contributed by atoms with Crippen LogP contribution >= 0.6 is 0 Å². The third kappa shape index (κ3) is 3.36. The first kappa shape index (κ1) is 18.2. The summed E-state index contributed by atoms with van der Waals surface area (Å²) in [5.41, 5.74) is 4.39. The first-order chi connectivity index (χ1) is 12.6. The largest absolute Gasteiger partial charge is 0.478 e. The van der Waals surface area contributed by atoms with Crippen molar-refractivity contribution >= 4 is 17.0 Å². The predicted octanol–water partition coefficient (Wildman–Crippen LogP) is 5.72. The van der Waals surface area contributed by atoms with Gasteiger partial charge in [-0.2, -0.15) is 0 Å². The van der Waals surface area contributed by atoms with Crippen LogP contribution in [0.1, 0.15) is 62.0 Å². The van der Waals surface area contributed by atoms with E-state index >= 15 is 0 Å². The van der Waals surface area contributed by atoms with Gasteiger partial charge in [-0.05, 0) is 49.1 Å². The number of carbonyl (C=O) groups is 1. The average molecular weight is 350 g/mol. The summed E-state index contributed by atoms with van der Waals surface area (Å²) in [6.07, 6.45) is 4.16. The molecule has 0 aliphatic heterocycles. The molecule has 1 aromatic heterocycles. The van der Waals surface area contributed by atoms with Crippen LogP contribution in [0.5, 0.6) is 0 Å². The molecule has 0 fully saturated rings. The van der Waals surface area contributed by atoms with Gasteiger partial charge in [-0.15, -0.1) is 0 Å². The minimum absolute atomic E-state index is 0.277. The Balaban J connectivity index is 2.26. The number of nitrogens with zero attached hydrogens (tertiary/aromatic N) is 2. The van der Waals surface area contributed by atoms with Gasteiger partial charge in [0.05, 0.1) is 16.6 Å². The van der Waals surface area contributed by atoms with Crippen LogP contribution in [0.15, 0.2) is 42.5 Å². The summed E-state index contributed by atoms with van der Waals surface area (Å²) in [6.45, 7) is 6.54. The van der Waals surface area contributed by atoms with Gasteiger partial charge in [0, 0.05) is 11.6 Å². The molecule has 2 aromatic carbocycles. The molecule has 3 aromatic rings. The molecular formula is C22H26N2O2. The topological polar surface area (TPSA) is 55.1 Å². The van der Waals surface area contributed by atoms with Crippen LogP contribution < -0.4 is 0 Å².